The van der Waals surface area contributed by atoms with Crippen LogP contribution in [0.1, 0.15) is 27.8 Å². The molecule has 0 fully saturated rings. The third-order valence-corrected chi connectivity index (χ3v) is 3.26. The molecule has 0 aliphatic heterocycles. The zero-order valence-corrected chi connectivity index (χ0v) is 12.4. The molecule has 0 radical (unpaired) electrons. The lowest BCUT2D eigenvalue weighted by Crippen LogP contribution is -2.13. The molecule has 1 N–H and O–H groups in total. The molecule has 1 heterocycles. The highest BCUT2D eigenvalue weighted by molar-refractivity contribution is 6.03. The highest BCUT2D eigenvalue weighted by atomic mass is 16.2. The zero-order chi connectivity index (χ0) is 16.2. The number of amides is 1. The number of carbonyl (C=O) groups excluding carboxylic acids is 2. The third-order valence-electron chi connectivity index (χ3n) is 3.26. The van der Waals surface area contributed by atoms with Crippen molar-refractivity contribution in [1.82, 2.24) is 15.0 Å². The number of benzene rings is 2. The molecular formula is C17H14N4O2. The number of hydrogen-bond donors (Lipinski definition) is 1. The Balaban J connectivity index is 1.74. The summed E-state index contributed by atoms with van der Waals surface area (Å²) in [6.07, 6.45) is 1.41. The number of nitrogens with zero attached hydrogens (tertiary/aromatic N) is 3. The first-order valence-electron chi connectivity index (χ1n) is 7.03. The average Bonchev–Trinajstić information content (AvgIpc) is 3.06. The van der Waals surface area contributed by atoms with E-state index in [1.807, 2.05) is 30.3 Å². The summed E-state index contributed by atoms with van der Waals surface area (Å²) in [5, 5.41) is 11.0. The van der Waals surface area contributed by atoms with Gasteiger partial charge in [-0.1, -0.05) is 18.2 Å². The molecule has 0 unspecified atom stereocenters. The van der Waals surface area contributed by atoms with Gasteiger partial charge in [-0.15, -0.1) is 5.10 Å². The Morgan fingerprint density at radius 1 is 1.00 bits per heavy atom. The molecule has 2 aromatic carbocycles. The minimum Gasteiger partial charge on any atom is -0.321 e. The fraction of sp³-hybridized carbons (Fsp3) is 0.0588. The number of nitrogens with one attached hydrogen (secondary N) is 1. The number of hydrogen-bond acceptors (Lipinski definition) is 4. The van der Waals surface area contributed by atoms with Crippen LogP contribution in [0.5, 0.6) is 0 Å². The fourth-order valence-corrected chi connectivity index (χ4v) is 2.04. The van der Waals surface area contributed by atoms with E-state index < -0.39 is 0 Å². The van der Waals surface area contributed by atoms with E-state index in [0.29, 0.717) is 11.3 Å². The molecular weight excluding hydrogens is 292 g/mol. The topological polar surface area (TPSA) is 76.9 Å². The molecule has 0 atom stereocenters. The summed E-state index contributed by atoms with van der Waals surface area (Å²) < 4.78 is 0. The van der Waals surface area contributed by atoms with Crippen LogP contribution < -0.4 is 5.32 Å². The van der Waals surface area contributed by atoms with Crippen molar-refractivity contribution in [3.63, 3.8) is 0 Å². The summed E-state index contributed by atoms with van der Waals surface area (Å²) in [7, 11) is 0. The molecule has 1 aromatic heterocycles. The van der Waals surface area contributed by atoms with Crippen LogP contribution in [0.3, 0.4) is 0 Å². The number of ketones is 1. The largest absolute Gasteiger partial charge is 0.321 e. The van der Waals surface area contributed by atoms with Crippen molar-refractivity contribution < 1.29 is 9.59 Å². The molecule has 114 valence electrons. The lowest BCUT2D eigenvalue weighted by molar-refractivity contribution is 0.101. The Bertz CT molecular complexity index is 839. The summed E-state index contributed by atoms with van der Waals surface area (Å²) in [5.74, 6) is -0.378. The summed E-state index contributed by atoms with van der Waals surface area (Å²) in [4.78, 5) is 24.8. The van der Waals surface area contributed by atoms with Crippen molar-refractivity contribution in [3.8, 4) is 5.69 Å². The molecule has 0 aliphatic rings. The van der Waals surface area contributed by atoms with Crippen molar-refractivity contribution in [2.75, 3.05) is 5.32 Å². The fourth-order valence-electron chi connectivity index (χ4n) is 2.04. The maximum atomic E-state index is 12.2. The number of carbonyl (C=O) groups is 2. The minimum atomic E-state index is -0.359. The predicted octanol–water partition coefficient (Wildman–Crippen LogP) is 2.72. The van der Waals surface area contributed by atoms with Crippen molar-refractivity contribution in [3.05, 3.63) is 72.1 Å². The smallest absolute Gasteiger partial charge is 0.277 e. The van der Waals surface area contributed by atoms with Crippen molar-refractivity contribution in [2.24, 2.45) is 0 Å². The second kappa shape index (κ2) is 6.23. The van der Waals surface area contributed by atoms with Crippen LogP contribution in [0.15, 0.2) is 60.8 Å². The van der Waals surface area contributed by atoms with Crippen LogP contribution in [0.4, 0.5) is 5.69 Å². The van der Waals surface area contributed by atoms with Gasteiger partial charge in [-0.25, -0.2) is 0 Å². The number of anilines is 1. The SMILES string of the molecule is CC(=O)c1ccc(NC(=O)c2cnn(-c3ccccc3)n2)cc1. The van der Waals surface area contributed by atoms with E-state index in [2.05, 4.69) is 15.5 Å². The van der Waals surface area contributed by atoms with Crippen molar-refractivity contribution in [2.45, 2.75) is 6.92 Å². The molecule has 0 saturated heterocycles. The maximum Gasteiger partial charge on any atom is 0.277 e. The normalized spacial score (nSPS) is 10.3. The average molecular weight is 306 g/mol. The molecule has 6 nitrogen and oxygen atoms in total. The number of para-hydroxylation sites is 1. The second-order valence-corrected chi connectivity index (χ2v) is 4.94. The van der Waals surface area contributed by atoms with Crippen LogP contribution in [0.25, 0.3) is 5.69 Å². The molecule has 23 heavy (non-hydrogen) atoms. The monoisotopic (exact) mass is 306 g/mol. The molecule has 0 aliphatic carbocycles. The first kappa shape index (κ1) is 14.6. The van der Waals surface area contributed by atoms with Gasteiger partial charge >= 0.3 is 0 Å². The Morgan fingerprint density at radius 3 is 2.35 bits per heavy atom. The highest BCUT2D eigenvalue weighted by Crippen LogP contribution is 2.11. The van der Waals surface area contributed by atoms with Gasteiger partial charge < -0.3 is 5.32 Å². The number of aromatic nitrogens is 3. The Kier molecular flexibility index (Phi) is 3.97. The molecule has 3 rings (SSSR count). The molecule has 0 saturated carbocycles. The molecule has 0 bridgehead atoms. The van der Waals surface area contributed by atoms with E-state index in [1.54, 1.807) is 24.3 Å². The van der Waals surface area contributed by atoms with Gasteiger partial charge in [-0.05, 0) is 43.3 Å². The van der Waals surface area contributed by atoms with Crippen LogP contribution >= 0.6 is 0 Å². The van der Waals surface area contributed by atoms with Crippen LogP contribution in [0, 0.1) is 0 Å². The van der Waals surface area contributed by atoms with E-state index in [4.69, 9.17) is 0 Å². The van der Waals surface area contributed by atoms with Gasteiger partial charge in [0.2, 0.25) is 0 Å². The van der Waals surface area contributed by atoms with Crippen LogP contribution in [-0.4, -0.2) is 26.7 Å². The zero-order valence-electron chi connectivity index (χ0n) is 12.4. The van der Waals surface area contributed by atoms with Crippen LogP contribution in [0.2, 0.25) is 0 Å². The quantitative estimate of drug-likeness (QED) is 0.752. The Morgan fingerprint density at radius 2 is 1.70 bits per heavy atom. The van der Waals surface area contributed by atoms with Gasteiger partial charge in [0, 0.05) is 11.3 Å². The molecule has 6 heteroatoms. The van der Waals surface area contributed by atoms with Gasteiger partial charge in [0.15, 0.2) is 11.5 Å². The number of Topliss-reactive ketones (excluding diaryl/α,β-unsaturated/α-hetero) is 1. The van der Waals surface area contributed by atoms with Crippen molar-refractivity contribution >= 4 is 17.4 Å². The standard InChI is InChI=1S/C17H14N4O2/c1-12(22)13-7-9-14(10-8-13)19-17(23)16-11-18-21(20-16)15-5-3-2-4-6-15/h2-11H,1H3,(H,19,23). The maximum absolute atomic E-state index is 12.2. The third kappa shape index (κ3) is 3.32. The number of rotatable bonds is 4. The minimum absolute atomic E-state index is 0.0197. The van der Waals surface area contributed by atoms with Gasteiger partial charge in [-0.2, -0.15) is 9.90 Å². The predicted molar refractivity (Wildman–Crippen MR) is 85.8 cm³/mol. The van der Waals surface area contributed by atoms with Gasteiger partial charge in [0.05, 0.1) is 11.9 Å². The Hall–Kier alpha value is -3.28. The first-order valence-corrected chi connectivity index (χ1v) is 7.03. The second-order valence-electron chi connectivity index (χ2n) is 4.94. The van der Waals surface area contributed by atoms with E-state index in [0.717, 1.165) is 5.69 Å². The lowest BCUT2D eigenvalue weighted by atomic mass is 10.1. The summed E-state index contributed by atoms with van der Waals surface area (Å²) in [6, 6.07) is 16.0. The van der Waals surface area contributed by atoms with Crippen molar-refractivity contribution in [1.29, 1.82) is 0 Å². The summed E-state index contributed by atoms with van der Waals surface area (Å²) in [6.45, 7) is 1.50. The van der Waals surface area contributed by atoms with Gasteiger partial charge in [0.25, 0.3) is 5.91 Å². The first-order chi connectivity index (χ1) is 11.1. The molecule has 0 spiro atoms. The van der Waals surface area contributed by atoms with E-state index in [-0.39, 0.29) is 17.4 Å². The van der Waals surface area contributed by atoms with Gasteiger partial charge in [0.1, 0.15) is 0 Å². The molecule has 1 amide bonds. The highest BCUT2D eigenvalue weighted by Gasteiger charge is 2.12. The lowest BCUT2D eigenvalue weighted by Gasteiger charge is -2.03. The summed E-state index contributed by atoms with van der Waals surface area (Å²) in [5.41, 5.74) is 2.18. The van der Waals surface area contributed by atoms with E-state index >= 15 is 0 Å². The van der Waals surface area contributed by atoms with E-state index in [1.165, 1.54) is 17.9 Å². The van der Waals surface area contributed by atoms with E-state index in [9.17, 15) is 9.59 Å². The van der Waals surface area contributed by atoms with Crippen LogP contribution in [-0.2, 0) is 0 Å². The summed E-state index contributed by atoms with van der Waals surface area (Å²) >= 11 is 0. The Labute approximate surface area is 132 Å². The molecule has 3 aromatic rings. The van der Waals surface area contributed by atoms with Gasteiger partial charge in [-0.3, -0.25) is 9.59 Å².